The van der Waals surface area contributed by atoms with Crippen LogP contribution < -0.4 is 0 Å². The molecule has 1 aromatic carbocycles. The van der Waals surface area contributed by atoms with E-state index in [-0.39, 0.29) is 11.7 Å². The minimum atomic E-state index is -0.347. The number of hydrogen-bond donors (Lipinski definition) is 0. The van der Waals surface area contributed by atoms with Gasteiger partial charge in [-0.25, -0.2) is 4.39 Å². The van der Waals surface area contributed by atoms with Crippen molar-refractivity contribution in [2.45, 2.75) is 31.4 Å². The first-order valence-electron chi connectivity index (χ1n) is 6.87. The molecule has 1 aliphatic heterocycles. The summed E-state index contributed by atoms with van der Waals surface area (Å²) in [6, 6.07) is 5.99. The average Bonchev–Trinajstić information content (AvgIpc) is 2.64. The van der Waals surface area contributed by atoms with Crippen molar-refractivity contribution in [1.29, 1.82) is 0 Å². The molecule has 1 heterocycles. The first kappa shape index (κ1) is 14.4. The molecule has 4 heteroatoms. The Morgan fingerprint density at radius 2 is 2.32 bits per heavy atom. The summed E-state index contributed by atoms with van der Waals surface area (Å²) in [6.45, 7) is 3.72. The van der Waals surface area contributed by atoms with Crippen LogP contribution in [0.25, 0.3) is 0 Å². The third kappa shape index (κ3) is 3.96. The summed E-state index contributed by atoms with van der Waals surface area (Å²) in [5, 5.41) is 0.519. The van der Waals surface area contributed by atoms with E-state index >= 15 is 0 Å². The summed E-state index contributed by atoms with van der Waals surface area (Å²) >= 11 is 1.92. The Kier molecular flexibility index (Phi) is 5.25. The van der Waals surface area contributed by atoms with Crippen molar-refractivity contribution in [2.24, 2.45) is 0 Å². The maximum Gasteiger partial charge on any atom is 0.253 e. The van der Waals surface area contributed by atoms with Crippen LogP contribution in [0.4, 0.5) is 4.39 Å². The van der Waals surface area contributed by atoms with Gasteiger partial charge in [0.15, 0.2) is 0 Å². The zero-order valence-electron chi connectivity index (χ0n) is 11.3. The predicted octanol–water partition coefficient (Wildman–Crippen LogP) is 3.57. The second kappa shape index (κ2) is 6.94. The van der Waals surface area contributed by atoms with E-state index in [0.717, 1.165) is 25.3 Å². The lowest BCUT2D eigenvalue weighted by Crippen LogP contribution is -2.35. The standard InChI is InChI=1S/C15H20FNOS/c1-2-19-14-8-3-4-9-17(11-14)15(18)12-6-5-7-13(16)10-12/h5-7,10,14H,2-4,8-9,11H2,1H3. The fourth-order valence-electron chi connectivity index (χ4n) is 2.46. The number of nitrogens with zero attached hydrogens (tertiary/aromatic N) is 1. The molecule has 1 amide bonds. The van der Waals surface area contributed by atoms with E-state index in [1.54, 1.807) is 12.1 Å². The van der Waals surface area contributed by atoms with Gasteiger partial charge >= 0.3 is 0 Å². The number of rotatable bonds is 3. The van der Waals surface area contributed by atoms with E-state index in [4.69, 9.17) is 0 Å². The van der Waals surface area contributed by atoms with Gasteiger partial charge in [-0.2, -0.15) is 11.8 Å². The predicted molar refractivity (Wildman–Crippen MR) is 78.1 cm³/mol. The molecular weight excluding hydrogens is 261 g/mol. The van der Waals surface area contributed by atoms with Crippen molar-refractivity contribution in [2.75, 3.05) is 18.8 Å². The lowest BCUT2D eigenvalue weighted by atomic mass is 10.2. The minimum absolute atomic E-state index is 0.0388. The number of halogens is 1. The van der Waals surface area contributed by atoms with E-state index in [1.807, 2.05) is 16.7 Å². The number of benzene rings is 1. The second-order valence-corrected chi connectivity index (χ2v) is 6.41. The van der Waals surface area contributed by atoms with Gasteiger partial charge in [-0.3, -0.25) is 4.79 Å². The molecule has 104 valence electrons. The highest BCUT2D eigenvalue weighted by atomic mass is 32.2. The topological polar surface area (TPSA) is 20.3 Å². The minimum Gasteiger partial charge on any atom is -0.338 e. The number of thioether (sulfide) groups is 1. The number of amides is 1. The van der Waals surface area contributed by atoms with Gasteiger partial charge in [-0.1, -0.05) is 19.4 Å². The summed E-state index contributed by atoms with van der Waals surface area (Å²) in [5.41, 5.74) is 0.460. The average molecular weight is 281 g/mol. The first-order chi connectivity index (χ1) is 9.20. The Morgan fingerprint density at radius 1 is 1.47 bits per heavy atom. The third-order valence-electron chi connectivity index (χ3n) is 3.39. The van der Waals surface area contributed by atoms with E-state index in [1.165, 1.54) is 25.0 Å². The molecule has 0 N–H and O–H groups in total. The molecule has 0 bridgehead atoms. The highest BCUT2D eigenvalue weighted by Gasteiger charge is 2.22. The largest absolute Gasteiger partial charge is 0.338 e. The molecule has 0 spiro atoms. The van der Waals surface area contributed by atoms with Crippen LogP contribution in [-0.2, 0) is 0 Å². The normalized spacial score (nSPS) is 20.1. The van der Waals surface area contributed by atoms with Gasteiger partial charge in [0.1, 0.15) is 5.82 Å². The van der Waals surface area contributed by atoms with Gasteiger partial charge in [0.2, 0.25) is 0 Å². The monoisotopic (exact) mass is 281 g/mol. The molecule has 0 saturated carbocycles. The maximum absolute atomic E-state index is 13.2. The molecule has 1 aromatic rings. The van der Waals surface area contributed by atoms with Gasteiger partial charge in [0, 0.05) is 23.9 Å². The van der Waals surface area contributed by atoms with Crippen molar-refractivity contribution < 1.29 is 9.18 Å². The fraction of sp³-hybridized carbons (Fsp3) is 0.533. The van der Waals surface area contributed by atoms with Crippen LogP contribution in [0.15, 0.2) is 24.3 Å². The molecular formula is C15H20FNOS. The summed E-state index contributed by atoms with van der Waals surface area (Å²) in [6.07, 6.45) is 3.39. The van der Waals surface area contributed by atoms with Gasteiger partial charge < -0.3 is 4.90 Å². The van der Waals surface area contributed by atoms with Gasteiger partial charge in [-0.15, -0.1) is 0 Å². The van der Waals surface area contributed by atoms with Crippen LogP contribution >= 0.6 is 11.8 Å². The summed E-state index contributed by atoms with van der Waals surface area (Å²) < 4.78 is 13.2. The van der Waals surface area contributed by atoms with Crippen molar-refractivity contribution in [1.82, 2.24) is 4.90 Å². The number of hydrogen-bond acceptors (Lipinski definition) is 2. The molecule has 1 saturated heterocycles. The molecule has 0 aliphatic carbocycles. The lowest BCUT2D eigenvalue weighted by Gasteiger charge is -2.24. The van der Waals surface area contributed by atoms with E-state index in [2.05, 4.69) is 6.92 Å². The van der Waals surface area contributed by atoms with Crippen molar-refractivity contribution >= 4 is 17.7 Å². The van der Waals surface area contributed by atoms with E-state index in [9.17, 15) is 9.18 Å². The third-order valence-corrected chi connectivity index (χ3v) is 4.58. The maximum atomic E-state index is 13.2. The van der Waals surface area contributed by atoms with Gasteiger partial charge in [0.25, 0.3) is 5.91 Å². The highest BCUT2D eigenvalue weighted by molar-refractivity contribution is 7.99. The molecule has 2 nitrogen and oxygen atoms in total. The molecule has 0 aromatic heterocycles. The van der Waals surface area contributed by atoms with Crippen LogP contribution in [0.3, 0.4) is 0 Å². The quantitative estimate of drug-likeness (QED) is 0.844. The van der Waals surface area contributed by atoms with Crippen molar-refractivity contribution in [3.8, 4) is 0 Å². The van der Waals surface area contributed by atoms with E-state index < -0.39 is 0 Å². The molecule has 1 aliphatic rings. The first-order valence-corrected chi connectivity index (χ1v) is 7.92. The Hall–Kier alpha value is -1.03. The molecule has 2 rings (SSSR count). The lowest BCUT2D eigenvalue weighted by molar-refractivity contribution is 0.0763. The van der Waals surface area contributed by atoms with Crippen molar-refractivity contribution in [3.63, 3.8) is 0 Å². The molecule has 0 radical (unpaired) electrons. The highest BCUT2D eigenvalue weighted by Crippen LogP contribution is 2.23. The van der Waals surface area contributed by atoms with Crippen LogP contribution in [0.5, 0.6) is 0 Å². The molecule has 1 fully saturated rings. The number of carbonyl (C=O) groups excluding carboxylic acids is 1. The van der Waals surface area contributed by atoms with Crippen LogP contribution in [0, 0.1) is 5.82 Å². The smallest absolute Gasteiger partial charge is 0.253 e. The Morgan fingerprint density at radius 3 is 3.05 bits per heavy atom. The number of carbonyl (C=O) groups is 1. The molecule has 19 heavy (non-hydrogen) atoms. The Labute approximate surface area is 118 Å². The van der Waals surface area contributed by atoms with Crippen LogP contribution in [0.1, 0.15) is 36.5 Å². The molecule has 1 unspecified atom stereocenters. The fourth-order valence-corrected chi connectivity index (χ4v) is 3.55. The Bertz CT molecular complexity index is 438. The van der Waals surface area contributed by atoms with Crippen LogP contribution in [0.2, 0.25) is 0 Å². The van der Waals surface area contributed by atoms with E-state index in [0.29, 0.717) is 10.8 Å². The summed E-state index contributed by atoms with van der Waals surface area (Å²) in [7, 11) is 0. The zero-order chi connectivity index (χ0) is 13.7. The zero-order valence-corrected chi connectivity index (χ0v) is 12.1. The van der Waals surface area contributed by atoms with Gasteiger partial charge in [0.05, 0.1) is 0 Å². The second-order valence-electron chi connectivity index (χ2n) is 4.83. The molecule has 1 atom stereocenters. The van der Waals surface area contributed by atoms with Crippen LogP contribution in [-0.4, -0.2) is 34.9 Å². The summed E-state index contributed by atoms with van der Waals surface area (Å²) in [5.74, 6) is 0.690. The summed E-state index contributed by atoms with van der Waals surface area (Å²) in [4.78, 5) is 14.3. The SMILES string of the molecule is CCSC1CCCCN(C(=O)c2cccc(F)c2)C1. The van der Waals surface area contributed by atoms with Gasteiger partial charge in [-0.05, 0) is 36.8 Å². The Balaban J connectivity index is 2.08. The number of likely N-dealkylation sites (tertiary alicyclic amines) is 1. The van der Waals surface area contributed by atoms with Crippen molar-refractivity contribution in [3.05, 3.63) is 35.6 Å².